The van der Waals surface area contributed by atoms with E-state index in [1.54, 1.807) is 18.2 Å². The molecule has 0 bridgehead atoms. The van der Waals surface area contributed by atoms with Gasteiger partial charge in [-0.05, 0) is 58.7 Å². The summed E-state index contributed by atoms with van der Waals surface area (Å²) in [4.78, 5) is 11.8. The van der Waals surface area contributed by atoms with Gasteiger partial charge in [0.2, 0.25) is 0 Å². The minimum Gasteiger partial charge on any atom is -0.482 e. The van der Waals surface area contributed by atoms with E-state index in [-0.39, 0.29) is 18.3 Å². The Bertz CT molecular complexity index is 677. The lowest BCUT2D eigenvalue weighted by molar-refractivity contribution is -0.118. The first-order valence-electron chi connectivity index (χ1n) is 6.19. The van der Waals surface area contributed by atoms with Gasteiger partial charge in [0.05, 0.1) is 4.47 Å². The predicted octanol–water partition coefficient (Wildman–Crippen LogP) is 3.50. The van der Waals surface area contributed by atoms with Crippen LogP contribution in [-0.4, -0.2) is 12.5 Å². The quantitative estimate of drug-likeness (QED) is 0.827. The molecule has 4 nitrogen and oxygen atoms in total. The molecule has 21 heavy (non-hydrogen) atoms. The molecule has 2 rings (SSSR count). The lowest BCUT2D eigenvalue weighted by atomic mass is 10.2. The van der Waals surface area contributed by atoms with E-state index in [4.69, 9.17) is 10.5 Å². The third-order valence-electron chi connectivity index (χ3n) is 2.78. The number of benzene rings is 2. The molecule has 0 atom stereocenters. The molecule has 2 aromatic carbocycles. The van der Waals surface area contributed by atoms with Gasteiger partial charge in [0.1, 0.15) is 11.6 Å². The highest BCUT2D eigenvalue weighted by atomic mass is 79.9. The van der Waals surface area contributed by atoms with Crippen LogP contribution in [0.15, 0.2) is 40.9 Å². The van der Waals surface area contributed by atoms with Gasteiger partial charge in [-0.3, -0.25) is 4.79 Å². The standard InChI is InChI=1S/C15H14BrFN2O2/c1-9-6-11(18)3-5-13(9)19-15(20)8-21-14-7-10(17)2-4-12(14)16/h2-7H,8,18H2,1H3,(H,19,20). The van der Waals surface area contributed by atoms with Gasteiger partial charge in [0, 0.05) is 17.4 Å². The number of amides is 1. The molecule has 0 aromatic heterocycles. The number of aryl methyl sites for hydroxylation is 1. The summed E-state index contributed by atoms with van der Waals surface area (Å²) in [5, 5.41) is 2.71. The lowest BCUT2D eigenvalue weighted by Gasteiger charge is -2.11. The number of nitrogen functional groups attached to an aromatic ring is 1. The zero-order valence-electron chi connectivity index (χ0n) is 11.3. The van der Waals surface area contributed by atoms with E-state index >= 15 is 0 Å². The van der Waals surface area contributed by atoms with Gasteiger partial charge in [-0.25, -0.2) is 4.39 Å². The SMILES string of the molecule is Cc1cc(N)ccc1NC(=O)COc1cc(F)ccc1Br. The van der Waals surface area contributed by atoms with Gasteiger partial charge in [-0.15, -0.1) is 0 Å². The molecule has 0 aliphatic carbocycles. The summed E-state index contributed by atoms with van der Waals surface area (Å²) in [6.45, 7) is 1.63. The van der Waals surface area contributed by atoms with Crippen LogP contribution in [0.2, 0.25) is 0 Å². The highest BCUT2D eigenvalue weighted by molar-refractivity contribution is 9.10. The summed E-state index contributed by atoms with van der Waals surface area (Å²) in [5.74, 6) is -0.485. The van der Waals surface area contributed by atoms with E-state index in [1.165, 1.54) is 18.2 Å². The van der Waals surface area contributed by atoms with Crippen LogP contribution in [-0.2, 0) is 4.79 Å². The van der Waals surface area contributed by atoms with Crippen molar-refractivity contribution in [2.75, 3.05) is 17.7 Å². The van der Waals surface area contributed by atoms with Crippen LogP contribution >= 0.6 is 15.9 Å². The van der Waals surface area contributed by atoms with Crippen molar-refractivity contribution in [2.24, 2.45) is 0 Å². The summed E-state index contributed by atoms with van der Waals surface area (Å²) in [6.07, 6.45) is 0. The number of hydrogen-bond acceptors (Lipinski definition) is 3. The molecule has 6 heteroatoms. The van der Waals surface area contributed by atoms with Crippen molar-refractivity contribution in [3.05, 3.63) is 52.3 Å². The average molecular weight is 353 g/mol. The number of nitrogens with two attached hydrogens (primary N) is 1. The molecule has 110 valence electrons. The number of rotatable bonds is 4. The van der Waals surface area contributed by atoms with Crippen LogP contribution in [0, 0.1) is 12.7 Å². The van der Waals surface area contributed by atoms with Gasteiger partial charge in [0.15, 0.2) is 6.61 Å². The van der Waals surface area contributed by atoms with E-state index in [0.717, 1.165) is 5.56 Å². The molecule has 0 heterocycles. The molecule has 0 saturated heterocycles. The molecule has 0 aliphatic heterocycles. The van der Waals surface area contributed by atoms with Crippen LogP contribution in [0.3, 0.4) is 0 Å². The summed E-state index contributed by atoms with van der Waals surface area (Å²) >= 11 is 3.23. The normalized spacial score (nSPS) is 10.2. The zero-order chi connectivity index (χ0) is 15.4. The topological polar surface area (TPSA) is 64.3 Å². The third kappa shape index (κ3) is 4.19. The molecule has 0 saturated carbocycles. The first-order valence-corrected chi connectivity index (χ1v) is 6.99. The van der Waals surface area contributed by atoms with Crippen LogP contribution < -0.4 is 15.8 Å². The van der Waals surface area contributed by atoms with E-state index in [9.17, 15) is 9.18 Å². The Labute approximate surface area is 130 Å². The number of halogens is 2. The molecule has 0 fully saturated rings. The van der Waals surface area contributed by atoms with Crippen LogP contribution in [0.25, 0.3) is 0 Å². The molecular weight excluding hydrogens is 339 g/mol. The van der Waals surface area contributed by atoms with E-state index in [2.05, 4.69) is 21.2 Å². The van der Waals surface area contributed by atoms with Crippen molar-refractivity contribution in [3.8, 4) is 5.75 Å². The summed E-state index contributed by atoms with van der Waals surface area (Å²) in [7, 11) is 0. The molecule has 0 spiro atoms. The van der Waals surface area contributed by atoms with Crippen molar-refractivity contribution in [3.63, 3.8) is 0 Å². The molecule has 3 N–H and O–H groups in total. The fraction of sp³-hybridized carbons (Fsp3) is 0.133. The fourth-order valence-corrected chi connectivity index (χ4v) is 2.11. The third-order valence-corrected chi connectivity index (χ3v) is 3.43. The number of anilines is 2. The van der Waals surface area contributed by atoms with E-state index in [1.807, 2.05) is 6.92 Å². The van der Waals surface area contributed by atoms with Gasteiger partial charge in [-0.2, -0.15) is 0 Å². The maximum absolute atomic E-state index is 13.1. The monoisotopic (exact) mass is 352 g/mol. The van der Waals surface area contributed by atoms with Crippen molar-refractivity contribution < 1.29 is 13.9 Å². The van der Waals surface area contributed by atoms with Crippen LogP contribution in [0.5, 0.6) is 5.75 Å². The number of ether oxygens (including phenoxy) is 1. The first kappa shape index (κ1) is 15.3. The summed E-state index contributed by atoms with van der Waals surface area (Å²) in [5.41, 5.74) is 7.80. The van der Waals surface area contributed by atoms with E-state index in [0.29, 0.717) is 15.8 Å². The largest absolute Gasteiger partial charge is 0.482 e. The van der Waals surface area contributed by atoms with Gasteiger partial charge in [-0.1, -0.05) is 0 Å². The Morgan fingerprint density at radius 1 is 1.33 bits per heavy atom. The van der Waals surface area contributed by atoms with Crippen LogP contribution in [0.4, 0.5) is 15.8 Å². The fourth-order valence-electron chi connectivity index (χ4n) is 1.74. The molecule has 0 aliphatic rings. The van der Waals surface area contributed by atoms with Gasteiger partial charge in [0.25, 0.3) is 5.91 Å². The Balaban J connectivity index is 1.97. The van der Waals surface area contributed by atoms with Crippen molar-refractivity contribution in [1.29, 1.82) is 0 Å². The molecule has 0 radical (unpaired) electrons. The van der Waals surface area contributed by atoms with E-state index < -0.39 is 5.82 Å². The van der Waals surface area contributed by atoms with Crippen molar-refractivity contribution >= 4 is 33.2 Å². The smallest absolute Gasteiger partial charge is 0.262 e. The second-order valence-electron chi connectivity index (χ2n) is 4.49. The van der Waals surface area contributed by atoms with Crippen molar-refractivity contribution in [2.45, 2.75) is 6.92 Å². The minimum atomic E-state index is -0.428. The molecule has 1 amide bonds. The maximum Gasteiger partial charge on any atom is 0.262 e. The second kappa shape index (κ2) is 6.58. The van der Waals surface area contributed by atoms with Crippen LogP contribution in [0.1, 0.15) is 5.56 Å². The summed E-state index contributed by atoms with van der Waals surface area (Å²) < 4.78 is 19.0. The minimum absolute atomic E-state index is 0.216. The zero-order valence-corrected chi connectivity index (χ0v) is 12.9. The number of carbonyl (C=O) groups is 1. The Hall–Kier alpha value is -2.08. The van der Waals surface area contributed by atoms with Gasteiger partial charge < -0.3 is 15.8 Å². The molecular formula is C15H14BrFN2O2. The lowest BCUT2D eigenvalue weighted by Crippen LogP contribution is -2.20. The van der Waals surface area contributed by atoms with Crippen molar-refractivity contribution in [1.82, 2.24) is 0 Å². The molecule has 2 aromatic rings. The predicted molar refractivity (Wildman–Crippen MR) is 83.8 cm³/mol. The Morgan fingerprint density at radius 3 is 2.81 bits per heavy atom. The number of carbonyl (C=O) groups excluding carboxylic acids is 1. The van der Waals surface area contributed by atoms with Gasteiger partial charge >= 0.3 is 0 Å². The second-order valence-corrected chi connectivity index (χ2v) is 5.34. The summed E-state index contributed by atoms with van der Waals surface area (Å²) in [6, 6.07) is 9.22. The Kier molecular flexibility index (Phi) is 4.80. The number of hydrogen-bond donors (Lipinski definition) is 2. The first-order chi connectivity index (χ1) is 9.95. The molecule has 0 unspecified atom stereocenters. The highest BCUT2D eigenvalue weighted by Crippen LogP contribution is 2.25. The average Bonchev–Trinajstić information content (AvgIpc) is 2.43. The Morgan fingerprint density at radius 2 is 2.10 bits per heavy atom. The maximum atomic E-state index is 13.1. The highest BCUT2D eigenvalue weighted by Gasteiger charge is 2.08. The number of nitrogens with one attached hydrogen (secondary N) is 1.